The van der Waals surface area contributed by atoms with E-state index in [0.717, 1.165) is 0 Å². The van der Waals surface area contributed by atoms with Crippen molar-refractivity contribution in [3.8, 4) is 5.75 Å². The summed E-state index contributed by atoms with van der Waals surface area (Å²) in [5.41, 5.74) is 0.498. The Morgan fingerprint density at radius 1 is 1.37 bits per heavy atom. The lowest BCUT2D eigenvalue weighted by molar-refractivity contribution is -0.207. The predicted octanol–water partition coefficient (Wildman–Crippen LogP) is 4.34. The molecule has 0 aliphatic heterocycles. The molecule has 0 radical (unpaired) electrons. The van der Waals surface area contributed by atoms with Gasteiger partial charge in [-0.1, -0.05) is 18.5 Å². The third-order valence-electron chi connectivity index (χ3n) is 2.74. The molecule has 0 amide bonds. The van der Waals surface area contributed by atoms with Gasteiger partial charge in [-0.3, -0.25) is 0 Å². The van der Waals surface area contributed by atoms with Crippen LogP contribution in [0.15, 0.2) is 6.07 Å². The number of halogens is 4. The first-order chi connectivity index (χ1) is 8.70. The third-order valence-corrected chi connectivity index (χ3v) is 3.32. The largest absolute Gasteiger partial charge is 0.493 e. The lowest BCUT2D eigenvalue weighted by atomic mass is 9.99. The monoisotopic (exact) mass is 296 g/mol. The Bertz CT molecular complexity index is 458. The quantitative estimate of drug-likeness (QED) is 0.895. The maximum absolute atomic E-state index is 12.7. The molecule has 1 N–H and O–H groups in total. The second-order valence-corrected chi connectivity index (χ2v) is 4.71. The zero-order valence-corrected chi connectivity index (χ0v) is 11.7. The van der Waals surface area contributed by atoms with Gasteiger partial charge in [0.25, 0.3) is 0 Å². The molecule has 1 rings (SSSR count). The van der Waals surface area contributed by atoms with Crippen molar-refractivity contribution in [2.75, 3.05) is 6.61 Å². The van der Waals surface area contributed by atoms with Gasteiger partial charge in [0.1, 0.15) is 5.75 Å². The van der Waals surface area contributed by atoms with E-state index < -0.39 is 12.3 Å². The highest BCUT2D eigenvalue weighted by Crippen LogP contribution is 2.42. The normalized spacial score (nSPS) is 13.5. The van der Waals surface area contributed by atoms with E-state index in [1.54, 1.807) is 6.92 Å². The van der Waals surface area contributed by atoms with E-state index in [1.807, 2.05) is 6.92 Å². The van der Waals surface area contributed by atoms with Gasteiger partial charge in [-0.25, -0.2) is 0 Å². The first-order valence-corrected chi connectivity index (χ1v) is 6.25. The van der Waals surface area contributed by atoms with Gasteiger partial charge in [0, 0.05) is 10.6 Å². The van der Waals surface area contributed by atoms with Crippen LogP contribution in [0.1, 0.15) is 36.1 Å². The lowest BCUT2D eigenvalue weighted by Gasteiger charge is -2.22. The summed E-state index contributed by atoms with van der Waals surface area (Å²) in [7, 11) is 0. The van der Waals surface area contributed by atoms with Crippen molar-refractivity contribution in [2.24, 2.45) is 0 Å². The van der Waals surface area contributed by atoms with Crippen LogP contribution in [0, 0.1) is 13.8 Å². The minimum absolute atomic E-state index is 0.0334. The maximum atomic E-state index is 12.7. The van der Waals surface area contributed by atoms with Crippen LogP contribution >= 0.6 is 11.6 Å². The number of benzene rings is 1. The fourth-order valence-electron chi connectivity index (χ4n) is 1.77. The van der Waals surface area contributed by atoms with Gasteiger partial charge in [0.15, 0.2) is 6.10 Å². The van der Waals surface area contributed by atoms with E-state index >= 15 is 0 Å². The molecule has 1 aromatic rings. The van der Waals surface area contributed by atoms with Crippen molar-refractivity contribution in [2.45, 2.75) is 39.5 Å². The smallest absolute Gasteiger partial charge is 0.418 e. The van der Waals surface area contributed by atoms with Crippen LogP contribution in [0.3, 0.4) is 0 Å². The number of aryl methyl sites for hydroxylation is 1. The van der Waals surface area contributed by atoms with Crippen LogP contribution < -0.4 is 4.74 Å². The number of hydrogen-bond donors (Lipinski definition) is 1. The molecule has 1 atom stereocenters. The zero-order valence-electron chi connectivity index (χ0n) is 10.9. The summed E-state index contributed by atoms with van der Waals surface area (Å²) < 4.78 is 43.4. The summed E-state index contributed by atoms with van der Waals surface area (Å²) >= 11 is 5.95. The second kappa shape index (κ2) is 6.01. The molecule has 0 saturated carbocycles. The third kappa shape index (κ3) is 3.54. The highest BCUT2D eigenvalue weighted by molar-refractivity contribution is 6.32. The van der Waals surface area contributed by atoms with E-state index in [4.69, 9.17) is 16.3 Å². The Balaban J connectivity index is 3.37. The molecule has 1 aromatic carbocycles. The van der Waals surface area contributed by atoms with E-state index in [-0.39, 0.29) is 28.5 Å². The summed E-state index contributed by atoms with van der Waals surface area (Å²) in [4.78, 5) is 0. The SMILES string of the molecule is CCCOc1cc(C)c(Cl)c(C)c1C(O)C(F)(F)F. The van der Waals surface area contributed by atoms with Crippen LogP contribution in [0.4, 0.5) is 13.2 Å². The van der Waals surface area contributed by atoms with Crippen molar-refractivity contribution in [3.05, 3.63) is 27.8 Å². The molecule has 1 unspecified atom stereocenters. The summed E-state index contributed by atoms with van der Waals surface area (Å²) in [6.45, 7) is 5.24. The molecule has 6 heteroatoms. The molecule has 19 heavy (non-hydrogen) atoms. The van der Waals surface area contributed by atoms with Crippen molar-refractivity contribution in [1.29, 1.82) is 0 Å². The summed E-state index contributed by atoms with van der Waals surface area (Å²) in [5, 5.41) is 9.68. The fraction of sp³-hybridized carbons (Fsp3) is 0.538. The Morgan fingerprint density at radius 2 is 1.95 bits per heavy atom. The zero-order chi connectivity index (χ0) is 14.8. The summed E-state index contributed by atoms with van der Waals surface area (Å²) in [6.07, 6.45) is -6.70. The Morgan fingerprint density at radius 3 is 2.42 bits per heavy atom. The molecule has 0 aromatic heterocycles. The number of ether oxygens (including phenoxy) is 1. The van der Waals surface area contributed by atoms with Gasteiger partial charge < -0.3 is 9.84 Å². The Hall–Kier alpha value is -0.940. The minimum Gasteiger partial charge on any atom is -0.493 e. The van der Waals surface area contributed by atoms with Crippen molar-refractivity contribution in [3.63, 3.8) is 0 Å². The fourth-order valence-corrected chi connectivity index (χ4v) is 1.93. The van der Waals surface area contributed by atoms with Crippen molar-refractivity contribution >= 4 is 11.6 Å². The van der Waals surface area contributed by atoms with E-state index in [2.05, 4.69) is 0 Å². The summed E-state index contributed by atoms with van der Waals surface area (Å²) in [5.74, 6) is 0.0334. The first kappa shape index (κ1) is 16.1. The van der Waals surface area contributed by atoms with Crippen molar-refractivity contribution in [1.82, 2.24) is 0 Å². The van der Waals surface area contributed by atoms with Crippen LogP contribution in [0.5, 0.6) is 5.75 Å². The molecule has 0 saturated heterocycles. The molecule has 2 nitrogen and oxygen atoms in total. The average Bonchev–Trinajstić information content (AvgIpc) is 2.31. The van der Waals surface area contributed by atoms with E-state index in [9.17, 15) is 18.3 Å². The molecule has 0 spiro atoms. The van der Waals surface area contributed by atoms with E-state index in [1.165, 1.54) is 13.0 Å². The number of rotatable bonds is 4. The molecule has 0 aliphatic carbocycles. The van der Waals surface area contributed by atoms with Crippen molar-refractivity contribution < 1.29 is 23.0 Å². The molecular weight excluding hydrogens is 281 g/mol. The number of alkyl halides is 3. The molecule has 0 heterocycles. The molecule has 108 valence electrons. The minimum atomic E-state index is -4.76. The first-order valence-electron chi connectivity index (χ1n) is 5.87. The van der Waals surface area contributed by atoms with Gasteiger partial charge in [-0.15, -0.1) is 0 Å². The van der Waals surface area contributed by atoms with Gasteiger partial charge in [-0.2, -0.15) is 13.2 Å². The van der Waals surface area contributed by atoms with Gasteiger partial charge in [-0.05, 0) is 37.5 Å². The van der Waals surface area contributed by atoms with Gasteiger partial charge >= 0.3 is 6.18 Å². The highest BCUT2D eigenvalue weighted by Gasteiger charge is 2.42. The maximum Gasteiger partial charge on any atom is 0.418 e. The van der Waals surface area contributed by atoms with Gasteiger partial charge in [0.2, 0.25) is 0 Å². The highest BCUT2D eigenvalue weighted by atomic mass is 35.5. The van der Waals surface area contributed by atoms with Gasteiger partial charge in [0.05, 0.1) is 6.61 Å². The topological polar surface area (TPSA) is 29.5 Å². The number of hydrogen-bond acceptors (Lipinski definition) is 2. The predicted molar refractivity (Wildman–Crippen MR) is 67.7 cm³/mol. The van der Waals surface area contributed by atoms with Crippen LogP contribution in [-0.4, -0.2) is 17.9 Å². The average molecular weight is 297 g/mol. The van der Waals surface area contributed by atoms with Crippen LogP contribution in [0.2, 0.25) is 5.02 Å². The lowest BCUT2D eigenvalue weighted by Crippen LogP contribution is -2.22. The standard InChI is InChI=1S/C13H16ClF3O2/c1-4-5-19-9-6-7(2)11(14)8(3)10(9)12(18)13(15,16)17/h6,12,18H,4-5H2,1-3H3. The molecule has 0 aliphatic rings. The molecule has 0 fully saturated rings. The Kier molecular flexibility index (Phi) is 5.10. The van der Waals surface area contributed by atoms with Crippen LogP contribution in [-0.2, 0) is 0 Å². The molecule has 0 bridgehead atoms. The van der Waals surface area contributed by atoms with E-state index in [0.29, 0.717) is 12.0 Å². The molecular formula is C13H16ClF3O2. The Labute approximate surface area is 115 Å². The second-order valence-electron chi connectivity index (χ2n) is 4.34. The summed E-state index contributed by atoms with van der Waals surface area (Å²) in [6, 6.07) is 1.43. The number of aliphatic hydroxyl groups is 1. The number of aliphatic hydroxyl groups excluding tert-OH is 1. The van der Waals surface area contributed by atoms with Crippen LogP contribution in [0.25, 0.3) is 0 Å².